The molecule has 0 aliphatic carbocycles. The SMILES string of the molecule is CC(=O)NCNCO. The molecule has 0 saturated carbocycles. The summed E-state index contributed by atoms with van der Waals surface area (Å²) in [6, 6.07) is 0. The minimum absolute atomic E-state index is 0.106. The van der Waals surface area contributed by atoms with Crippen molar-refractivity contribution in [3.05, 3.63) is 0 Å². The Kier molecular flexibility index (Phi) is 4.20. The number of hydrogen-bond donors (Lipinski definition) is 3. The summed E-state index contributed by atoms with van der Waals surface area (Å²) in [5.74, 6) is -0.106. The smallest absolute Gasteiger partial charge is 0.217 e. The van der Waals surface area contributed by atoms with Gasteiger partial charge in [-0.3, -0.25) is 10.1 Å². The lowest BCUT2D eigenvalue weighted by atomic mass is 10.7. The van der Waals surface area contributed by atoms with E-state index in [1.54, 1.807) is 0 Å². The number of carbonyl (C=O) groups is 1. The van der Waals surface area contributed by atoms with Crippen LogP contribution >= 0.6 is 0 Å². The lowest BCUT2D eigenvalue weighted by molar-refractivity contribution is -0.119. The molecule has 0 aromatic rings. The predicted octanol–water partition coefficient (Wildman–Crippen LogP) is -1.38. The number of aliphatic hydroxyl groups excluding tert-OH is 1. The molecule has 0 atom stereocenters. The summed E-state index contributed by atoms with van der Waals surface area (Å²) < 4.78 is 0. The molecule has 0 unspecified atom stereocenters. The lowest BCUT2D eigenvalue weighted by Crippen LogP contribution is -2.32. The summed E-state index contributed by atoms with van der Waals surface area (Å²) in [6.45, 7) is 1.63. The third-order valence-corrected chi connectivity index (χ3v) is 0.574. The Bertz CT molecular complexity index is 74.4. The fraction of sp³-hybridized carbons (Fsp3) is 0.750. The number of aliphatic hydroxyl groups is 1. The zero-order valence-corrected chi connectivity index (χ0v) is 4.77. The van der Waals surface area contributed by atoms with Crippen molar-refractivity contribution in [1.82, 2.24) is 10.6 Å². The monoisotopic (exact) mass is 118 g/mol. The minimum atomic E-state index is -0.111. The Balaban J connectivity index is 2.82. The van der Waals surface area contributed by atoms with Gasteiger partial charge in [-0.2, -0.15) is 0 Å². The maximum Gasteiger partial charge on any atom is 0.217 e. The van der Waals surface area contributed by atoms with E-state index in [1.165, 1.54) is 6.92 Å². The molecule has 0 bridgehead atoms. The molecule has 0 aliphatic rings. The zero-order chi connectivity index (χ0) is 6.41. The Morgan fingerprint density at radius 2 is 2.38 bits per heavy atom. The van der Waals surface area contributed by atoms with Crippen LogP contribution in [-0.2, 0) is 4.79 Å². The van der Waals surface area contributed by atoms with Crippen LogP contribution in [0, 0.1) is 0 Å². The molecule has 1 amide bonds. The van der Waals surface area contributed by atoms with Crippen LogP contribution in [0.5, 0.6) is 0 Å². The summed E-state index contributed by atoms with van der Waals surface area (Å²) in [5, 5.41) is 13.1. The Labute approximate surface area is 47.9 Å². The predicted molar refractivity (Wildman–Crippen MR) is 28.9 cm³/mol. The number of hydrogen-bond acceptors (Lipinski definition) is 3. The second kappa shape index (κ2) is 4.55. The second-order valence-electron chi connectivity index (χ2n) is 1.32. The first-order valence-corrected chi connectivity index (χ1v) is 2.33. The van der Waals surface area contributed by atoms with E-state index >= 15 is 0 Å². The molecule has 0 aromatic heterocycles. The maximum absolute atomic E-state index is 10.1. The Hall–Kier alpha value is -0.610. The molecule has 48 valence electrons. The Morgan fingerprint density at radius 1 is 1.75 bits per heavy atom. The van der Waals surface area contributed by atoms with Crippen molar-refractivity contribution in [3.8, 4) is 0 Å². The third-order valence-electron chi connectivity index (χ3n) is 0.574. The number of nitrogens with one attached hydrogen (secondary N) is 2. The Morgan fingerprint density at radius 3 is 2.75 bits per heavy atom. The van der Waals surface area contributed by atoms with Crippen molar-refractivity contribution >= 4 is 5.91 Å². The average molecular weight is 118 g/mol. The first-order chi connectivity index (χ1) is 3.77. The van der Waals surface area contributed by atoms with Crippen molar-refractivity contribution in [3.63, 3.8) is 0 Å². The highest BCUT2D eigenvalue weighted by Gasteiger charge is 1.84. The van der Waals surface area contributed by atoms with Crippen LogP contribution in [0.2, 0.25) is 0 Å². The van der Waals surface area contributed by atoms with Gasteiger partial charge in [-0.15, -0.1) is 0 Å². The van der Waals surface area contributed by atoms with Crippen LogP contribution < -0.4 is 10.6 Å². The van der Waals surface area contributed by atoms with Gasteiger partial charge in [0.2, 0.25) is 5.91 Å². The van der Waals surface area contributed by atoms with Gasteiger partial charge in [0.05, 0.1) is 13.4 Å². The number of amides is 1. The first-order valence-electron chi connectivity index (χ1n) is 2.33. The minimum Gasteiger partial charge on any atom is -0.381 e. The molecular formula is C4H10N2O2. The van der Waals surface area contributed by atoms with E-state index in [0.29, 0.717) is 6.67 Å². The van der Waals surface area contributed by atoms with E-state index in [9.17, 15) is 4.79 Å². The van der Waals surface area contributed by atoms with Gasteiger partial charge in [0.15, 0.2) is 0 Å². The summed E-state index contributed by atoms with van der Waals surface area (Å²) in [4.78, 5) is 10.1. The van der Waals surface area contributed by atoms with Crippen molar-refractivity contribution in [2.24, 2.45) is 0 Å². The van der Waals surface area contributed by atoms with E-state index in [1.807, 2.05) is 0 Å². The van der Waals surface area contributed by atoms with E-state index in [-0.39, 0.29) is 12.6 Å². The van der Waals surface area contributed by atoms with Gasteiger partial charge in [-0.1, -0.05) is 0 Å². The molecular weight excluding hydrogens is 108 g/mol. The molecule has 4 heteroatoms. The van der Waals surface area contributed by atoms with Gasteiger partial charge in [-0.05, 0) is 0 Å². The van der Waals surface area contributed by atoms with E-state index in [2.05, 4.69) is 10.6 Å². The lowest BCUT2D eigenvalue weighted by Gasteiger charge is -1.98. The van der Waals surface area contributed by atoms with Crippen LogP contribution in [0.1, 0.15) is 6.92 Å². The van der Waals surface area contributed by atoms with Gasteiger partial charge in [0, 0.05) is 6.92 Å². The summed E-state index contributed by atoms with van der Waals surface area (Å²) >= 11 is 0. The largest absolute Gasteiger partial charge is 0.381 e. The number of carbonyl (C=O) groups excluding carboxylic acids is 1. The molecule has 0 radical (unpaired) electrons. The van der Waals surface area contributed by atoms with Crippen LogP contribution in [0.15, 0.2) is 0 Å². The molecule has 0 saturated heterocycles. The summed E-state index contributed by atoms with van der Waals surface area (Å²) in [5.41, 5.74) is 0. The van der Waals surface area contributed by atoms with Crippen molar-refractivity contribution in [1.29, 1.82) is 0 Å². The standard InChI is InChI=1S/C4H10N2O2/c1-4(8)6-2-5-3-7/h5,7H,2-3H2,1H3,(H,6,8). The van der Waals surface area contributed by atoms with Gasteiger partial charge in [0.25, 0.3) is 0 Å². The van der Waals surface area contributed by atoms with Crippen LogP contribution in [0.4, 0.5) is 0 Å². The van der Waals surface area contributed by atoms with Crippen LogP contribution in [0.25, 0.3) is 0 Å². The van der Waals surface area contributed by atoms with Gasteiger partial charge >= 0.3 is 0 Å². The highest BCUT2D eigenvalue weighted by molar-refractivity contribution is 5.72. The molecule has 8 heavy (non-hydrogen) atoms. The fourth-order valence-electron chi connectivity index (χ4n) is 0.243. The van der Waals surface area contributed by atoms with Crippen LogP contribution in [0.3, 0.4) is 0 Å². The molecule has 0 aromatic carbocycles. The van der Waals surface area contributed by atoms with Gasteiger partial charge in [-0.25, -0.2) is 0 Å². The molecule has 0 aliphatic heterocycles. The topological polar surface area (TPSA) is 61.4 Å². The zero-order valence-electron chi connectivity index (χ0n) is 4.77. The quantitative estimate of drug-likeness (QED) is 0.316. The molecule has 0 rings (SSSR count). The molecule has 0 fully saturated rings. The summed E-state index contributed by atoms with van der Waals surface area (Å²) in [7, 11) is 0. The van der Waals surface area contributed by atoms with Crippen molar-refractivity contribution < 1.29 is 9.90 Å². The average Bonchev–Trinajstić information content (AvgIpc) is 1.66. The molecule has 3 N–H and O–H groups in total. The fourth-order valence-corrected chi connectivity index (χ4v) is 0.243. The van der Waals surface area contributed by atoms with Gasteiger partial charge < -0.3 is 10.4 Å². The normalized spacial score (nSPS) is 8.75. The molecule has 4 nitrogen and oxygen atoms in total. The number of rotatable bonds is 3. The van der Waals surface area contributed by atoms with E-state index in [4.69, 9.17) is 5.11 Å². The van der Waals surface area contributed by atoms with Crippen molar-refractivity contribution in [2.75, 3.05) is 13.4 Å². The highest BCUT2D eigenvalue weighted by Crippen LogP contribution is 1.54. The second-order valence-corrected chi connectivity index (χ2v) is 1.32. The first kappa shape index (κ1) is 7.39. The summed E-state index contributed by atoms with van der Waals surface area (Å²) in [6.07, 6.45) is 0. The van der Waals surface area contributed by atoms with Crippen LogP contribution in [-0.4, -0.2) is 24.4 Å². The van der Waals surface area contributed by atoms with Gasteiger partial charge in [0.1, 0.15) is 0 Å². The van der Waals surface area contributed by atoms with Crippen molar-refractivity contribution in [2.45, 2.75) is 6.92 Å². The van der Waals surface area contributed by atoms with E-state index in [0.717, 1.165) is 0 Å². The van der Waals surface area contributed by atoms with E-state index < -0.39 is 0 Å². The third kappa shape index (κ3) is 5.39. The molecule has 0 spiro atoms. The molecule has 0 heterocycles. The highest BCUT2D eigenvalue weighted by atomic mass is 16.3. The maximum atomic E-state index is 10.1.